The smallest absolute Gasteiger partial charge is 0.256 e. The molecule has 3 heterocycles. The van der Waals surface area contributed by atoms with Gasteiger partial charge < -0.3 is 4.57 Å². The molecule has 0 bridgehead atoms. The van der Waals surface area contributed by atoms with Gasteiger partial charge >= 0.3 is 0 Å². The summed E-state index contributed by atoms with van der Waals surface area (Å²) in [5, 5.41) is 0. The summed E-state index contributed by atoms with van der Waals surface area (Å²) in [5.41, 5.74) is 1.02. The third-order valence-corrected chi connectivity index (χ3v) is 4.18. The molecule has 0 N–H and O–H groups in total. The first-order chi connectivity index (χ1) is 11.8. The molecule has 0 radical (unpaired) electrons. The van der Waals surface area contributed by atoms with E-state index < -0.39 is 0 Å². The molecule has 0 amide bonds. The van der Waals surface area contributed by atoms with Crippen molar-refractivity contribution in [3.05, 3.63) is 83.2 Å². The Morgan fingerprint density at radius 2 is 1.67 bits per heavy atom. The molecule has 0 fully saturated rings. The Hall–Kier alpha value is -2.62. The van der Waals surface area contributed by atoms with E-state index in [1.807, 2.05) is 30.3 Å². The van der Waals surface area contributed by atoms with Gasteiger partial charge in [0.2, 0.25) is 0 Å². The highest BCUT2D eigenvalue weighted by atomic mass is 16.1. The van der Waals surface area contributed by atoms with E-state index in [0.717, 1.165) is 25.1 Å². The molecule has 3 aromatic heterocycles. The van der Waals surface area contributed by atoms with Gasteiger partial charge in [-0.1, -0.05) is 25.0 Å². The molecule has 0 saturated carbocycles. The minimum absolute atomic E-state index is 0.0150. The normalized spacial score (nSPS) is 10.8. The van der Waals surface area contributed by atoms with Crippen molar-refractivity contribution in [1.82, 2.24) is 14.1 Å². The summed E-state index contributed by atoms with van der Waals surface area (Å²) < 4.78 is 3.94. The highest BCUT2D eigenvalue weighted by molar-refractivity contribution is 5.26. The Bertz CT molecular complexity index is 791. The summed E-state index contributed by atoms with van der Waals surface area (Å²) in [6, 6.07) is 15.2. The maximum absolute atomic E-state index is 12.2. The van der Waals surface area contributed by atoms with Crippen LogP contribution in [0.4, 0.5) is 0 Å². The van der Waals surface area contributed by atoms with Crippen LogP contribution in [0.1, 0.15) is 31.4 Å². The van der Waals surface area contributed by atoms with Gasteiger partial charge in [-0.3, -0.25) is 9.36 Å². The topological polar surface area (TPSA) is 39.8 Å². The Kier molecular flexibility index (Phi) is 5.61. The SMILES string of the molecule is O=c1cccc(CCCCCCn2cccc2)n1-c1ccccn1. The predicted molar refractivity (Wildman–Crippen MR) is 96.4 cm³/mol. The lowest BCUT2D eigenvalue weighted by Crippen LogP contribution is -2.21. The Morgan fingerprint density at radius 1 is 0.833 bits per heavy atom. The third-order valence-electron chi connectivity index (χ3n) is 4.18. The zero-order chi connectivity index (χ0) is 16.6. The molecule has 3 aromatic rings. The lowest BCUT2D eigenvalue weighted by atomic mass is 10.1. The summed E-state index contributed by atoms with van der Waals surface area (Å²) in [6.07, 6.45) is 11.5. The molecule has 0 aliphatic rings. The summed E-state index contributed by atoms with van der Waals surface area (Å²) >= 11 is 0. The minimum Gasteiger partial charge on any atom is -0.354 e. The number of rotatable bonds is 8. The van der Waals surface area contributed by atoms with Crippen molar-refractivity contribution in [3.8, 4) is 5.82 Å². The lowest BCUT2D eigenvalue weighted by Gasteiger charge is -2.11. The van der Waals surface area contributed by atoms with Gasteiger partial charge in [0.25, 0.3) is 5.56 Å². The second-order valence-electron chi connectivity index (χ2n) is 5.96. The van der Waals surface area contributed by atoms with E-state index >= 15 is 0 Å². The number of aryl methyl sites for hydroxylation is 2. The van der Waals surface area contributed by atoms with Crippen LogP contribution in [0.2, 0.25) is 0 Å². The Labute approximate surface area is 142 Å². The molecular weight excluding hydrogens is 298 g/mol. The van der Waals surface area contributed by atoms with Gasteiger partial charge in [0.15, 0.2) is 0 Å². The molecule has 0 aromatic carbocycles. The van der Waals surface area contributed by atoms with Gasteiger partial charge in [0.05, 0.1) is 0 Å². The fraction of sp³-hybridized carbons (Fsp3) is 0.300. The largest absolute Gasteiger partial charge is 0.354 e. The van der Waals surface area contributed by atoms with Crippen molar-refractivity contribution in [3.63, 3.8) is 0 Å². The quantitative estimate of drug-likeness (QED) is 0.591. The van der Waals surface area contributed by atoms with Crippen LogP contribution < -0.4 is 5.56 Å². The summed E-state index contributed by atoms with van der Waals surface area (Å²) in [5.74, 6) is 0.700. The highest BCUT2D eigenvalue weighted by Crippen LogP contribution is 2.11. The zero-order valence-corrected chi connectivity index (χ0v) is 13.8. The standard InChI is InChI=1S/C20H23N3O/c24-20-13-9-11-18(23(20)19-12-4-5-14-21-19)10-3-1-2-6-15-22-16-7-8-17-22/h4-5,7-9,11-14,16-17H,1-3,6,10,15H2. The van der Waals surface area contributed by atoms with E-state index in [1.165, 1.54) is 19.3 Å². The second kappa shape index (κ2) is 8.29. The molecule has 0 saturated heterocycles. The fourth-order valence-electron chi connectivity index (χ4n) is 2.95. The third kappa shape index (κ3) is 4.22. The predicted octanol–water partition coefficient (Wildman–Crippen LogP) is 3.84. The number of nitrogens with zero attached hydrogens (tertiary/aromatic N) is 3. The molecule has 24 heavy (non-hydrogen) atoms. The van der Waals surface area contributed by atoms with E-state index in [2.05, 4.69) is 34.1 Å². The van der Waals surface area contributed by atoms with Gasteiger partial charge in [-0.25, -0.2) is 4.98 Å². The van der Waals surface area contributed by atoms with Crippen molar-refractivity contribution < 1.29 is 0 Å². The maximum Gasteiger partial charge on any atom is 0.256 e. The van der Waals surface area contributed by atoms with Gasteiger partial charge in [0.1, 0.15) is 5.82 Å². The van der Waals surface area contributed by atoms with Crippen LogP contribution in [0.5, 0.6) is 0 Å². The summed E-state index contributed by atoms with van der Waals surface area (Å²) in [6.45, 7) is 1.08. The molecule has 0 aliphatic heterocycles. The monoisotopic (exact) mass is 321 g/mol. The molecule has 0 unspecified atom stereocenters. The van der Waals surface area contributed by atoms with Crippen LogP contribution in [0.15, 0.2) is 71.9 Å². The first-order valence-electron chi connectivity index (χ1n) is 8.58. The van der Waals surface area contributed by atoms with Crippen molar-refractivity contribution >= 4 is 0 Å². The molecular formula is C20H23N3O. The summed E-state index contributed by atoms with van der Waals surface area (Å²) in [7, 11) is 0. The molecule has 3 rings (SSSR count). The van der Waals surface area contributed by atoms with E-state index in [0.29, 0.717) is 5.82 Å². The van der Waals surface area contributed by atoms with Crippen LogP contribution >= 0.6 is 0 Å². The van der Waals surface area contributed by atoms with Crippen molar-refractivity contribution in [2.24, 2.45) is 0 Å². The molecule has 4 nitrogen and oxygen atoms in total. The van der Waals surface area contributed by atoms with Crippen LogP contribution in [0, 0.1) is 0 Å². The van der Waals surface area contributed by atoms with Gasteiger partial charge in [-0.05, 0) is 49.6 Å². The first kappa shape index (κ1) is 16.2. The maximum atomic E-state index is 12.2. The Morgan fingerprint density at radius 3 is 2.46 bits per heavy atom. The second-order valence-corrected chi connectivity index (χ2v) is 5.96. The number of aromatic nitrogens is 3. The molecule has 0 spiro atoms. The highest BCUT2D eigenvalue weighted by Gasteiger charge is 2.06. The van der Waals surface area contributed by atoms with E-state index in [-0.39, 0.29) is 5.56 Å². The molecule has 0 atom stereocenters. The van der Waals surface area contributed by atoms with E-state index in [4.69, 9.17) is 0 Å². The van der Waals surface area contributed by atoms with Crippen LogP contribution in [0.3, 0.4) is 0 Å². The fourth-order valence-corrected chi connectivity index (χ4v) is 2.95. The zero-order valence-electron chi connectivity index (χ0n) is 13.8. The molecule has 124 valence electrons. The van der Waals surface area contributed by atoms with Crippen molar-refractivity contribution in [2.75, 3.05) is 0 Å². The van der Waals surface area contributed by atoms with Crippen LogP contribution in [-0.2, 0) is 13.0 Å². The first-order valence-corrected chi connectivity index (χ1v) is 8.58. The number of hydrogen-bond acceptors (Lipinski definition) is 2. The average molecular weight is 321 g/mol. The van der Waals surface area contributed by atoms with Gasteiger partial charge in [-0.15, -0.1) is 0 Å². The number of unbranched alkanes of at least 4 members (excludes halogenated alkanes) is 3. The average Bonchev–Trinajstić information content (AvgIpc) is 3.12. The number of pyridine rings is 2. The van der Waals surface area contributed by atoms with E-state index in [1.54, 1.807) is 16.8 Å². The number of hydrogen-bond donors (Lipinski definition) is 0. The summed E-state index contributed by atoms with van der Waals surface area (Å²) in [4.78, 5) is 16.5. The van der Waals surface area contributed by atoms with E-state index in [9.17, 15) is 4.79 Å². The van der Waals surface area contributed by atoms with Crippen LogP contribution in [0.25, 0.3) is 5.82 Å². The van der Waals surface area contributed by atoms with Crippen molar-refractivity contribution in [2.45, 2.75) is 38.6 Å². The van der Waals surface area contributed by atoms with Crippen LogP contribution in [-0.4, -0.2) is 14.1 Å². The molecule has 4 heteroatoms. The molecule has 0 aliphatic carbocycles. The van der Waals surface area contributed by atoms with Crippen molar-refractivity contribution in [1.29, 1.82) is 0 Å². The van der Waals surface area contributed by atoms with Gasteiger partial charge in [0, 0.05) is 36.9 Å². The minimum atomic E-state index is -0.0150. The van der Waals surface area contributed by atoms with Gasteiger partial charge in [-0.2, -0.15) is 0 Å². The lowest BCUT2D eigenvalue weighted by molar-refractivity contribution is 0.569. The Balaban J connectivity index is 1.54.